The van der Waals surface area contributed by atoms with Gasteiger partial charge in [0.1, 0.15) is 5.78 Å². The first-order valence-electron chi connectivity index (χ1n) is 4.68. The van der Waals surface area contributed by atoms with Crippen molar-refractivity contribution >= 4 is 5.78 Å². The van der Waals surface area contributed by atoms with Crippen molar-refractivity contribution in [3.05, 3.63) is 0 Å². The van der Waals surface area contributed by atoms with Crippen molar-refractivity contribution in [3.63, 3.8) is 0 Å². The second kappa shape index (κ2) is 8.68. The van der Waals surface area contributed by atoms with Gasteiger partial charge < -0.3 is 15.4 Å². The summed E-state index contributed by atoms with van der Waals surface area (Å²) in [7, 11) is 0. The Kier molecular flexibility index (Phi) is 8.39. The molecule has 0 atom stereocenters. The molecular weight excluding hydrogens is 152 g/mol. The molecule has 0 spiro atoms. The summed E-state index contributed by atoms with van der Waals surface area (Å²) in [5.74, 6) is 0.289. The van der Waals surface area contributed by atoms with Gasteiger partial charge in [0.15, 0.2) is 0 Å². The zero-order valence-electron chi connectivity index (χ0n) is 8.15. The number of rotatable bonds is 2. The minimum atomic E-state index is 0.289. The van der Waals surface area contributed by atoms with Gasteiger partial charge >= 0.3 is 0 Å². The predicted molar refractivity (Wildman–Crippen MR) is 51.3 cm³/mol. The molecule has 1 aliphatic rings. The second-order valence-electron chi connectivity index (χ2n) is 2.95. The molecule has 0 aliphatic carbocycles. The van der Waals surface area contributed by atoms with E-state index in [9.17, 15) is 4.79 Å². The van der Waals surface area contributed by atoms with Crippen LogP contribution in [0.25, 0.3) is 0 Å². The van der Waals surface area contributed by atoms with Crippen LogP contribution in [-0.2, 0) is 4.79 Å². The highest BCUT2D eigenvalue weighted by Crippen LogP contribution is 1.84. The average Bonchev–Trinajstić information content (AvgIpc) is 2.08. The van der Waals surface area contributed by atoms with Crippen LogP contribution in [0, 0.1) is 0 Å². The van der Waals surface area contributed by atoms with Gasteiger partial charge in [-0.3, -0.25) is 0 Å². The fourth-order valence-electron chi connectivity index (χ4n) is 0.956. The molecular formula is C9H20N2O. The van der Waals surface area contributed by atoms with E-state index in [2.05, 4.69) is 10.6 Å². The van der Waals surface area contributed by atoms with Gasteiger partial charge in [0.2, 0.25) is 0 Å². The highest BCUT2D eigenvalue weighted by molar-refractivity contribution is 5.75. The number of nitrogens with one attached hydrogen (secondary N) is 2. The van der Waals surface area contributed by atoms with Crippen LogP contribution in [0.3, 0.4) is 0 Å². The lowest BCUT2D eigenvalue weighted by Crippen LogP contribution is -2.39. The number of carbonyl (C=O) groups excluding carboxylic acids is 1. The van der Waals surface area contributed by atoms with E-state index in [1.54, 1.807) is 6.92 Å². The van der Waals surface area contributed by atoms with E-state index < -0.39 is 0 Å². The van der Waals surface area contributed by atoms with Gasteiger partial charge in [-0.05, 0) is 13.3 Å². The zero-order valence-corrected chi connectivity index (χ0v) is 8.15. The van der Waals surface area contributed by atoms with Gasteiger partial charge in [-0.15, -0.1) is 0 Å². The smallest absolute Gasteiger partial charge is 0.129 e. The number of ketones is 1. The Balaban J connectivity index is 0.000000202. The first-order valence-corrected chi connectivity index (χ1v) is 4.68. The molecule has 3 nitrogen and oxygen atoms in total. The Labute approximate surface area is 74.9 Å². The van der Waals surface area contributed by atoms with Gasteiger partial charge in [-0.1, -0.05) is 6.92 Å². The first kappa shape index (κ1) is 11.6. The monoisotopic (exact) mass is 172 g/mol. The third-order valence-corrected chi connectivity index (χ3v) is 1.56. The van der Waals surface area contributed by atoms with E-state index in [0.717, 1.165) is 39.0 Å². The van der Waals surface area contributed by atoms with Gasteiger partial charge in [0.05, 0.1) is 0 Å². The number of hydrogen-bond donors (Lipinski definition) is 2. The minimum absolute atomic E-state index is 0.289. The summed E-state index contributed by atoms with van der Waals surface area (Å²) in [5, 5.41) is 6.44. The Morgan fingerprint density at radius 3 is 1.67 bits per heavy atom. The zero-order chi connectivity index (χ0) is 9.23. The molecule has 1 fully saturated rings. The molecule has 0 aromatic heterocycles. The summed E-state index contributed by atoms with van der Waals surface area (Å²) in [5.41, 5.74) is 0. The molecule has 12 heavy (non-hydrogen) atoms. The summed E-state index contributed by atoms with van der Waals surface area (Å²) >= 11 is 0. The Hall–Kier alpha value is -0.410. The molecule has 0 saturated carbocycles. The number of Topliss-reactive ketones (excluding diaryl/α,β-unsaturated/α-hetero) is 1. The van der Waals surface area contributed by atoms with Crippen molar-refractivity contribution < 1.29 is 4.79 Å². The largest absolute Gasteiger partial charge is 0.314 e. The lowest BCUT2D eigenvalue weighted by Gasteiger charge is -2.11. The fraction of sp³-hybridized carbons (Fsp3) is 0.889. The van der Waals surface area contributed by atoms with Gasteiger partial charge in [-0.2, -0.15) is 0 Å². The Morgan fingerprint density at radius 1 is 1.17 bits per heavy atom. The van der Waals surface area contributed by atoms with Crippen molar-refractivity contribution in [1.82, 2.24) is 10.6 Å². The van der Waals surface area contributed by atoms with Crippen LogP contribution in [0.4, 0.5) is 0 Å². The van der Waals surface area contributed by atoms with Crippen molar-refractivity contribution in [3.8, 4) is 0 Å². The van der Waals surface area contributed by atoms with Gasteiger partial charge in [0.25, 0.3) is 0 Å². The molecule has 1 saturated heterocycles. The molecule has 0 aromatic rings. The number of carbonyl (C=O) groups is 1. The topological polar surface area (TPSA) is 41.1 Å². The van der Waals surface area contributed by atoms with E-state index in [4.69, 9.17) is 0 Å². The van der Waals surface area contributed by atoms with E-state index in [1.807, 2.05) is 6.92 Å². The van der Waals surface area contributed by atoms with Gasteiger partial charge in [-0.25, -0.2) is 0 Å². The maximum Gasteiger partial charge on any atom is 0.129 e. The lowest BCUT2D eigenvalue weighted by molar-refractivity contribution is -0.117. The SMILES string of the molecule is C1CNCCN1.CCCC(C)=O. The quantitative estimate of drug-likeness (QED) is 0.639. The highest BCUT2D eigenvalue weighted by Gasteiger charge is 1.91. The number of piperazine rings is 1. The Bertz CT molecular complexity index is 99.6. The maximum absolute atomic E-state index is 10.0. The van der Waals surface area contributed by atoms with E-state index in [-0.39, 0.29) is 5.78 Å². The summed E-state index contributed by atoms with van der Waals surface area (Å²) in [6.45, 7) is 8.17. The summed E-state index contributed by atoms with van der Waals surface area (Å²) < 4.78 is 0. The van der Waals surface area contributed by atoms with Crippen LogP contribution in [0.15, 0.2) is 0 Å². The predicted octanol–water partition coefficient (Wildman–Crippen LogP) is 0.555. The minimum Gasteiger partial charge on any atom is -0.314 e. The molecule has 72 valence electrons. The summed E-state index contributed by atoms with van der Waals surface area (Å²) in [6, 6.07) is 0. The van der Waals surface area contributed by atoms with Crippen LogP contribution < -0.4 is 10.6 Å². The van der Waals surface area contributed by atoms with E-state index in [0.29, 0.717) is 0 Å². The molecule has 0 aromatic carbocycles. The van der Waals surface area contributed by atoms with Crippen LogP contribution in [0.5, 0.6) is 0 Å². The molecule has 0 radical (unpaired) electrons. The molecule has 1 heterocycles. The lowest BCUT2D eigenvalue weighted by atomic mass is 10.3. The molecule has 3 heteroatoms. The van der Waals surface area contributed by atoms with Crippen LogP contribution in [0.1, 0.15) is 26.7 Å². The number of hydrogen-bond acceptors (Lipinski definition) is 3. The van der Waals surface area contributed by atoms with E-state index >= 15 is 0 Å². The normalized spacial score (nSPS) is 16.2. The van der Waals surface area contributed by atoms with Crippen LogP contribution >= 0.6 is 0 Å². The van der Waals surface area contributed by atoms with Crippen molar-refractivity contribution in [2.45, 2.75) is 26.7 Å². The van der Waals surface area contributed by atoms with Gasteiger partial charge in [0, 0.05) is 32.6 Å². The molecule has 1 rings (SSSR count). The third-order valence-electron chi connectivity index (χ3n) is 1.56. The van der Waals surface area contributed by atoms with Crippen molar-refractivity contribution in [2.75, 3.05) is 26.2 Å². The molecule has 0 bridgehead atoms. The van der Waals surface area contributed by atoms with Crippen LogP contribution in [0.2, 0.25) is 0 Å². The summed E-state index contributed by atoms with van der Waals surface area (Å²) in [6.07, 6.45) is 1.72. The molecule has 0 unspecified atom stereocenters. The maximum atomic E-state index is 10.0. The molecule has 2 N–H and O–H groups in total. The highest BCUT2D eigenvalue weighted by atomic mass is 16.1. The molecule has 0 amide bonds. The fourth-order valence-corrected chi connectivity index (χ4v) is 0.956. The Morgan fingerprint density at radius 2 is 1.58 bits per heavy atom. The standard InChI is InChI=1S/C5H10O.C4H10N2/c1-3-4-5(2)6;1-2-6-4-3-5-1/h3-4H2,1-2H3;5-6H,1-4H2. The second-order valence-corrected chi connectivity index (χ2v) is 2.95. The van der Waals surface area contributed by atoms with Crippen molar-refractivity contribution in [1.29, 1.82) is 0 Å². The van der Waals surface area contributed by atoms with Crippen molar-refractivity contribution in [2.24, 2.45) is 0 Å². The summed E-state index contributed by atoms with van der Waals surface area (Å²) in [4.78, 5) is 10.0. The molecule has 1 aliphatic heterocycles. The first-order chi connectivity index (χ1) is 5.77. The van der Waals surface area contributed by atoms with E-state index in [1.165, 1.54) is 0 Å². The van der Waals surface area contributed by atoms with Crippen LogP contribution in [-0.4, -0.2) is 32.0 Å². The third kappa shape index (κ3) is 9.59. The average molecular weight is 172 g/mol.